The number of rotatable bonds is 7. The fraction of sp³-hybridized carbons (Fsp3) is 0.200. The molecule has 0 aliphatic carbocycles. The van der Waals surface area contributed by atoms with Gasteiger partial charge in [-0.3, -0.25) is 4.79 Å². The maximum atomic E-state index is 11.8. The van der Waals surface area contributed by atoms with Crippen LogP contribution in [0.4, 0.5) is 17.5 Å². The molecule has 1 amide bonds. The number of allylic oxidation sites excluding steroid dienone is 1. The summed E-state index contributed by atoms with van der Waals surface area (Å²) in [6.45, 7) is 5.58. The smallest absolute Gasteiger partial charge is 0.251 e. The molecule has 9 heteroatoms. The Kier molecular flexibility index (Phi) is 7.47. The first-order valence-electron chi connectivity index (χ1n) is 10.6. The van der Waals surface area contributed by atoms with Crippen molar-refractivity contribution in [3.63, 3.8) is 0 Å². The molecule has 0 aliphatic heterocycles. The third kappa shape index (κ3) is 5.69. The molecule has 0 fully saturated rings. The van der Waals surface area contributed by atoms with Crippen LogP contribution >= 0.6 is 0 Å². The molecule has 0 aliphatic rings. The molecular weight excluding hydrogens is 430 g/mol. The first-order valence-corrected chi connectivity index (χ1v) is 10.6. The minimum atomic E-state index is -0.127. The highest BCUT2D eigenvalue weighted by molar-refractivity contribution is 5.95. The van der Waals surface area contributed by atoms with Gasteiger partial charge in [0.1, 0.15) is 11.6 Å². The normalized spacial score (nSPS) is 11.8. The molecule has 9 nitrogen and oxygen atoms in total. The van der Waals surface area contributed by atoms with Crippen molar-refractivity contribution in [1.82, 2.24) is 15.3 Å². The second-order valence-corrected chi connectivity index (χ2v) is 7.77. The van der Waals surface area contributed by atoms with Gasteiger partial charge in [-0.1, -0.05) is 12.1 Å². The Morgan fingerprint density at radius 3 is 2.44 bits per heavy atom. The fourth-order valence-corrected chi connectivity index (χ4v) is 3.33. The summed E-state index contributed by atoms with van der Waals surface area (Å²) >= 11 is 0. The third-order valence-corrected chi connectivity index (χ3v) is 5.03. The number of amides is 1. The summed E-state index contributed by atoms with van der Waals surface area (Å²) in [5.74, 6) is 1.54. The lowest BCUT2D eigenvalue weighted by Crippen LogP contribution is -2.17. The first-order chi connectivity index (χ1) is 16.2. The van der Waals surface area contributed by atoms with Gasteiger partial charge in [-0.25, -0.2) is 9.98 Å². The molecule has 0 atom stereocenters. The number of benzene rings is 2. The van der Waals surface area contributed by atoms with E-state index in [0.717, 1.165) is 22.3 Å². The number of aryl methyl sites for hydroxylation is 2. The number of hydrogen-bond donors (Lipinski definition) is 4. The van der Waals surface area contributed by atoms with Crippen LogP contribution in [0.25, 0.3) is 11.1 Å². The number of ether oxygens (including phenoxy) is 1. The zero-order valence-corrected chi connectivity index (χ0v) is 19.9. The Hall–Kier alpha value is -4.40. The van der Waals surface area contributed by atoms with E-state index in [0.29, 0.717) is 34.5 Å². The highest BCUT2D eigenvalue weighted by Crippen LogP contribution is 2.35. The monoisotopic (exact) mass is 459 g/mol. The zero-order valence-electron chi connectivity index (χ0n) is 19.9. The van der Waals surface area contributed by atoms with Crippen molar-refractivity contribution < 1.29 is 9.53 Å². The van der Waals surface area contributed by atoms with Crippen LogP contribution in [-0.4, -0.2) is 35.9 Å². The minimum Gasteiger partial charge on any atom is -0.495 e. The third-order valence-electron chi connectivity index (χ3n) is 5.03. The highest BCUT2D eigenvalue weighted by Gasteiger charge is 2.13. The summed E-state index contributed by atoms with van der Waals surface area (Å²) in [6, 6.07) is 11.3. The maximum Gasteiger partial charge on any atom is 0.251 e. The van der Waals surface area contributed by atoms with Crippen molar-refractivity contribution >= 4 is 29.2 Å². The number of carbonyl (C=O) groups is 1. The topological polar surface area (TPSA) is 141 Å². The number of hydrogen-bond acceptors (Lipinski definition) is 7. The number of anilines is 2. The van der Waals surface area contributed by atoms with Crippen LogP contribution in [0.15, 0.2) is 59.4 Å². The van der Waals surface area contributed by atoms with Crippen molar-refractivity contribution in [3.8, 4) is 16.9 Å². The molecule has 0 bridgehead atoms. The van der Waals surface area contributed by atoms with Gasteiger partial charge in [-0.05, 0) is 67.8 Å². The summed E-state index contributed by atoms with van der Waals surface area (Å²) in [7, 11) is 3.21. The average Bonchev–Trinajstić information content (AvgIpc) is 2.80. The van der Waals surface area contributed by atoms with E-state index in [1.807, 2.05) is 38.1 Å². The number of nitrogens with two attached hydrogens (primary N) is 2. The van der Waals surface area contributed by atoms with Crippen molar-refractivity contribution in [2.45, 2.75) is 20.8 Å². The van der Waals surface area contributed by atoms with E-state index in [4.69, 9.17) is 16.2 Å². The lowest BCUT2D eigenvalue weighted by molar-refractivity contribution is 0.0963. The average molecular weight is 460 g/mol. The number of carbonyl (C=O) groups excluding carboxylic acids is 1. The molecular formula is C25H29N7O2. The van der Waals surface area contributed by atoms with Crippen molar-refractivity contribution in [2.24, 2.45) is 16.5 Å². The standard InChI is InChI=1S/C25H29N7O2/c1-14-10-20(30-25-29-13-15(2)23(32-25)31-22(27)11-16(3)26)21(34-5)12-19(14)17-6-8-18(9-7-17)24(33)28-4/h6-13H,26H2,1-5H3,(H,28,33)(H3,27,29,30,31,32)/b16-11-. The van der Waals surface area contributed by atoms with Gasteiger partial charge in [0.15, 0.2) is 5.82 Å². The van der Waals surface area contributed by atoms with E-state index in [1.165, 1.54) is 0 Å². The van der Waals surface area contributed by atoms with Crippen LogP contribution in [0.1, 0.15) is 28.4 Å². The van der Waals surface area contributed by atoms with E-state index in [9.17, 15) is 4.79 Å². The molecule has 6 N–H and O–H groups in total. The Morgan fingerprint density at radius 1 is 1.12 bits per heavy atom. The SMILES string of the molecule is CNC(=O)c1ccc(-c2cc(OC)c(Nc3ncc(C)c(N=C(N)/C=C(/C)N)n3)cc2C)cc1. The van der Waals surface area contributed by atoms with Crippen molar-refractivity contribution in [3.05, 3.63) is 71.1 Å². The predicted octanol–water partition coefficient (Wildman–Crippen LogP) is 3.72. The van der Waals surface area contributed by atoms with Crippen molar-refractivity contribution in [2.75, 3.05) is 19.5 Å². The van der Waals surface area contributed by atoms with Gasteiger partial charge < -0.3 is 26.8 Å². The van der Waals surface area contributed by atoms with E-state index < -0.39 is 0 Å². The molecule has 176 valence electrons. The van der Waals surface area contributed by atoms with Crippen LogP contribution in [0.3, 0.4) is 0 Å². The fourth-order valence-electron chi connectivity index (χ4n) is 3.33. The van der Waals surface area contributed by atoms with Gasteiger partial charge in [0.05, 0.1) is 12.8 Å². The van der Waals surface area contributed by atoms with Gasteiger partial charge in [0.2, 0.25) is 5.95 Å². The lowest BCUT2D eigenvalue weighted by atomic mass is 9.98. The van der Waals surface area contributed by atoms with E-state index in [1.54, 1.807) is 45.5 Å². The van der Waals surface area contributed by atoms with Crippen molar-refractivity contribution in [1.29, 1.82) is 0 Å². The van der Waals surface area contributed by atoms with Gasteiger partial charge >= 0.3 is 0 Å². The van der Waals surface area contributed by atoms with Crippen LogP contribution < -0.4 is 26.8 Å². The van der Waals surface area contributed by atoms with Gasteiger partial charge in [-0.15, -0.1) is 0 Å². The lowest BCUT2D eigenvalue weighted by Gasteiger charge is -2.15. The minimum absolute atomic E-state index is 0.127. The number of methoxy groups -OCH3 is 1. The zero-order chi connectivity index (χ0) is 24.8. The van der Waals surface area contributed by atoms with E-state index in [-0.39, 0.29) is 11.7 Å². The summed E-state index contributed by atoms with van der Waals surface area (Å²) in [5, 5.41) is 5.83. The van der Waals surface area contributed by atoms with E-state index in [2.05, 4.69) is 25.6 Å². The first kappa shape index (κ1) is 24.2. The molecule has 1 heterocycles. The number of aliphatic imine (C=N–C) groups is 1. The maximum absolute atomic E-state index is 11.8. The molecule has 1 aromatic heterocycles. The van der Waals surface area contributed by atoms with Crippen LogP contribution in [0.2, 0.25) is 0 Å². The number of amidine groups is 1. The number of aromatic nitrogens is 2. The molecule has 0 saturated heterocycles. The Balaban J connectivity index is 1.93. The number of nitrogens with one attached hydrogen (secondary N) is 2. The molecule has 34 heavy (non-hydrogen) atoms. The summed E-state index contributed by atoms with van der Waals surface area (Å²) in [4.78, 5) is 25.0. The van der Waals surface area contributed by atoms with Gasteiger partial charge in [0.25, 0.3) is 5.91 Å². The van der Waals surface area contributed by atoms with Crippen LogP contribution in [0.5, 0.6) is 5.75 Å². The second-order valence-electron chi connectivity index (χ2n) is 7.77. The molecule has 0 saturated carbocycles. The van der Waals surface area contributed by atoms with Crippen LogP contribution in [-0.2, 0) is 0 Å². The van der Waals surface area contributed by atoms with E-state index >= 15 is 0 Å². The molecule has 3 aromatic rings. The van der Waals surface area contributed by atoms with Gasteiger partial charge in [-0.2, -0.15) is 4.98 Å². The summed E-state index contributed by atoms with van der Waals surface area (Å²) in [5.41, 5.74) is 17.2. The quantitative estimate of drug-likeness (QED) is 0.312. The molecule has 2 aromatic carbocycles. The molecule has 3 rings (SSSR count). The largest absolute Gasteiger partial charge is 0.495 e. The Morgan fingerprint density at radius 2 is 1.82 bits per heavy atom. The van der Waals surface area contributed by atoms with Gasteiger partial charge in [0, 0.05) is 30.1 Å². The second kappa shape index (κ2) is 10.5. The molecule has 0 radical (unpaired) electrons. The summed E-state index contributed by atoms with van der Waals surface area (Å²) in [6.07, 6.45) is 3.24. The number of nitrogens with zero attached hydrogens (tertiary/aromatic N) is 3. The summed E-state index contributed by atoms with van der Waals surface area (Å²) < 4.78 is 5.62. The van der Waals surface area contributed by atoms with Crippen LogP contribution in [0, 0.1) is 13.8 Å². The Labute approximate surface area is 199 Å². The highest BCUT2D eigenvalue weighted by atomic mass is 16.5. The predicted molar refractivity (Wildman–Crippen MR) is 136 cm³/mol. The molecule has 0 spiro atoms. The molecule has 0 unspecified atom stereocenters. The Bertz CT molecular complexity index is 1260.